The summed E-state index contributed by atoms with van der Waals surface area (Å²) in [4.78, 5) is 14.6. The highest BCUT2D eigenvalue weighted by Gasteiger charge is 2.07. The highest BCUT2D eigenvalue weighted by molar-refractivity contribution is 9.10. The summed E-state index contributed by atoms with van der Waals surface area (Å²) in [5, 5.41) is 0. The summed E-state index contributed by atoms with van der Waals surface area (Å²) in [6.07, 6.45) is 1.73. The lowest BCUT2D eigenvalue weighted by atomic mass is 10.4. The highest BCUT2D eigenvalue weighted by atomic mass is 79.9. The molecule has 0 aliphatic carbocycles. The monoisotopic (exact) mass is 278 g/mol. The Kier molecular flexibility index (Phi) is 2.00. The molecule has 0 aliphatic rings. The topological polar surface area (TPSA) is 50.4 Å². The Morgan fingerprint density at radius 2 is 2.12 bits per heavy atom. The van der Waals surface area contributed by atoms with Crippen molar-refractivity contribution in [2.75, 3.05) is 0 Å². The van der Waals surface area contributed by atoms with E-state index in [9.17, 15) is 4.79 Å². The van der Waals surface area contributed by atoms with E-state index in [0.717, 1.165) is 11.3 Å². The van der Waals surface area contributed by atoms with Gasteiger partial charge in [-0.05, 0) is 34.1 Å². The van der Waals surface area contributed by atoms with E-state index in [4.69, 9.17) is 4.42 Å². The van der Waals surface area contributed by atoms with E-state index in [1.54, 1.807) is 16.7 Å². The number of hydrogen-bond donors (Lipinski definition) is 1. The first kappa shape index (κ1) is 9.47. The van der Waals surface area contributed by atoms with Crippen LogP contribution in [0.5, 0.6) is 0 Å². The van der Waals surface area contributed by atoms with Gasteiger partial charge in [0.2, 0.25) is 0 Å². The summed E-state index contributed by atoms with van der Waals surface area (Å²) in [5.74, 6) is 0.690. The van der Waals surface area contributed by atoms with Crippen LogP contribution in [0.1, 0.15) is 0 Å². The third-order valence-electron chi connectivity index (χ3n) is 2.35. The largest absolute Gasteiger partial charge is 0.448 e. The summed E-state index contributed by atoms with van der Waals surface area (Å²) < 4.78 is 7.62. The standard InChI is InChI=1S/C11H7BrN2O2/c12-9-5-4-8(16-9)7-6-14-10(13-7)2-1-3-11(14)15/h1-6,13H. The molecule has 80 valence electrons. The second kappa shape index (κ2) is 3.38. The van der Waals surface area contributed by atoms with Gasteiger partial charge in [0.1, 0.15) is 11.3 Å². The summed E-state index contributed by atoms with van der Waals surface area (Å²) >= 11 is 3.24. The van der Waals surface area contributed by atoms with Gasteiger partial charge in [-0.15, -0.1) is 0 Å². The highest BCUT2D eigenvalue weighted by Crippen LogP contribution is 2.23. The van der Waals surface area contributed by atoms with E-state index in [1.807, 2.05) is 18.2 Å². The molecule has 16 heavy (non-hydrogen) atoms. The van der Waals surface area contributed by atoms with Crippen molar-refractivity contribution >= 4 is 21.6 Å². The van der Waals surface area contributed by atoms with E-state index in [2.05, 4.69) is 20.9 Å². The molecule has 0 amide bonds. The minimum absolute atomic E-state index is 0.0642. The van der Waals surface area contributed by atoms with E-state index in [-0.39, 0.29) is 5.56 Å². The summed E-state index contributed by atoms with van der Waals surface area (Å²) in [5.41, 5.74) is 1.45. The SMILES string of the molecule is O=c1cccc2[nH]c(-c3ccc(Br)o3)cn12. The Morgan fingerprint density at radius 1 is 1.25 bits per heavy atom. The minimum Gasteiger partial charge on any atom is -0.448 e. The van der Waals surface area contributed by atoms with E-state index in [0.29, 0.717) is 10.4 Å². The first-order valence-corrected chi connectivity index (χ1v) is 5.49. The number of nitrogens with zero attached hydrogens (tertiary/aromatic N) is 1. The second-order valence-electron chi connectivity index (χ2n) is 3.39. The number of nitrogens with one attached hydrogen (secondary N) is 1. The van der Waals surface area contributed by atoms with Crippen LogP contribution in [-0.2, 0) is 0 Å². The van der Waals surface area contributed by atoms with Gasteiger partial charge in [-0.25, -0.2) is 0 Å². The molecule has 3 heterocycles. The van der Waals surface area contributed by atoms with Crippen LogP contribution in [0.3, 0.4) is 0 Å². The summed E-state index contributed by atoms with van der Waals surface area (Å²) in [7, 11) is 0. The maximum atomic E-state index is 11.5. The number of rotatable bonds is 1. The molecular weight excluding hydrogens is 272 g/mol. The van der Waals surface area contributed by atoms with Crippen molar-refractivity contribution in [3.8, 4) is 11.5 Å². The Bertz CT molecular complexity index is 708. The lowest BCUT2D eigenvalue weighted by Gasteiger charge is -1.87. The number of imidazole rings is 1. The van der Waals surface area contributed by atoms with Crippen molar-refractivity contribution in [3.63, 3.8) is 0 Å². The molecule has 0 fully saturated rings. The molecule has 4 nitrogen and oxygen atoms in total. The molecule has 0 aromatic carbocycles. The Hall–Kier alpha value is -1.75. The maximum absolute atomic E-state index is 11.5. The average Bonchev–Trinajstić information content (AvgIpc) is 2.84. The molecule has 3 rings (SSSR count). The summed E-state index contributed by atoms with van der Waals surface area (Å²) in [6.45, 7) is 0. The molecule has 0 spiro atoms. The van der Waals surface area contributed by atoms with Crippen LogP contribution < -0.4 is 5.56 Å². The molecule has 0 bridgehead atoms. The predicted molar refractivity (Wildman–Crippen MR) is 63.4 cm³/mol. The quantitative estimate of drug-likeness (QED) is 0.744. The molecule has 1 N–H and O–H groups in total. The molecule has 0 atom stereocenters. The number of furan rings is 1. The van der Waals surface area contributed by atoms with Crippen molar-refractivity contribution in [1.29, 1.82) is 0 Å². The van der Waals surface area contributed by atoms with Crippen LogP contribution in [0.25, 0.3) is 17.1 Å². The number of aromatic nitrogens is 2. The molecule has 0 radical (unpaired) electrons. The Labute approximate surface area is 98.6 Å². The molecular formula is C11H7BrN2O2. The van der Waals surface area contributed by atoms with Crippen LogP contribution in [0.15, 0.2) is 50.4 Å². The first-order chi connectivity index (χ1) is 7.74. The van der Waals surface area contributed by atoms with Crippen LogP contribution in [0, 0.1) is 0 Å². The zero-order chi connectivity index (χ0) is 11.1. The van der Waals surface area contributed by atoms with Gasteiger partial charge < -0.3 is 9.40 Å². The molecule has 3 aromatic heterocycles. The minimum atomic E-state index is -0.0642. The normalized spacial score (nSPS) is 11.1. The zero-order valence-corrected chi connectivity index (χ0v) is 9.69. The van der Waals surface area contributed by atoms with E-state index >= 15 is 0 Å². The smallest absolute Gasteiger partial charge is 0.256 e. The predicted octanol–water partition coefficient (Wildman–Crippen LogP) is 2.65. The van der Waals surface area contributed by atoms with Crippen LogP contribution in [-0.4, -0.2) is 9.38 Å². The third-order valence-corrected chi connectivity index (χ3v) is 2.78. The van der Waals surface area contributed by atoms with Crippen LogP contribution in [0.4, 0.5) is 0 Å². The fraction of sp³-hybridized carbons (Fsp3) is 0. The molecule has 0 saturated heterocycles. The molecule has 0 saturated carbocycles. The van der Waals surface area contributed by atoms with Crippen LogP contribution in [0.2, 0.25) is 0 Å². The van der Waals surface area contributed by atoms with Crippen LogP contribution >= 0.6 is 15.9 Å². The lowest BCUT2D eigenvalue weighted by molar-refractivity contribution is 0.554. The fourth-order valence-corrected chi connectivity index (χ4v) is 1.93. The number of aromatic amines is 1. The Balaban J connectivity index is 2.26. The van der Waals surface area contributed by atoms with Gasteiger partial charge in [0.05, 0.1) is 0 Å². The van der Waals surface area contributed by atoms with Gasteiger partial charge in [-0.1, -0.05) is 6.07 Å². The van der Waals surface area contributed by atoms with Gasteiger partial charge in [0.15, 0.2) is 10.4 Å². The van der Waals surface area contributed by atoms with Crippen molar-refractivity contribution in [2.45, 2.75) is 0 Å². The van der Waals surface area contributed by atoms with Gasteiger partial charge in [-0.3, -0.25) is 9.20 Å². The number of pyridine rings is 1. The van der Waals surface area contributed by atoms with E-state index in [1.165, 1.54) is 6.07 Å². The van der Waals surface area contributed by atoms with Gasteiger partial charge >= 0.3 is 0 Å². The molecule has 0 aliphatic heterocycles. The molecule has 0 unspecified atom stereocenters. The first-order valence-electron chi connectivity index (χ1n) is 4.70. The Morgan fingerprint density at radius 3 is 2.81 bits per heavy atom. The van der Waals surface area contributed by atoms with E-state index < -0.39 is 0 Å². The van der Waals surface area contributed by atoms with Gasteiger partial charge in [0, 0.05) is 12.3 Å². The average molecular weight is 279 g/mol. The lowest BCUT2D eigenvalue weighted by Crippen LogP contribution is -2.08. The zero-order valence-electron chi connectivity index (χ0n) is 8.11. The second-order valence-corrected chi connectivity index (χ2v) is 4.17. The van der Waals surface area contributed by atoms with Crippen molar-refractivity contribution in [1.82, 2.24) is 9.38 Å². The molecule has 3 aromatic rings. The van der Waals surface area contributed by atoms with Crippen molar-refractivity contribution < 1.29 is 4.42 Å². The third kappa shape index (κ3) is 1.40. The van der Waals surface area contributed by atoms with Gasteiger partial charge in [0.25, 0.3) is 5.56 Å². The summed E-state index contributed by atoms with van der Waals surface area (Å²) in [6, 6.07) is 8.71. The number of H-pyrrole nitrogens is 1. The van der Waals surface area contributed by atoms with Crippen molar-refractivity contribution in [3.05, 3.63) is 51.6 Å². The number of halogens is 1. The van der Waals surface area contributed by atoms with Crippen molar-refractivity contribution in [2.24, 2.45) is 0 Å². The molecule has 5 heteroatoms. The fourth-order valence-electron chi connectivity index (χ4n) is 1.62. The maximum Gasteiger partial charge on any atom is 0.256 e. The number of hydrogen-bond acceptors (Lipinski definition) is 2. The van der Waals surface area contributed by atoms with Gasteiger partial charge in [-0.2, -0.15) is 0 Å². The number of fused-ring (bicyclic) bond motifs is 1.